The highest BCUT2D eigenvalue weighted by molar-refractivity contribution is 7.98. The first kappa shape index (κ1) is 26.3. The second-order valence-electron chi connectivity index (χ2n) is 7.38. The monoisotopic (exact) mass is 475 g/mol. The van der Waals surface area contributed by atoms with Crippen LogP contribution in [0.25, 0.3) is 0 Å². The zero-order valence-electron chi connectivity index (χ0n) is 18.3. The van der Waals surface area contributed by atoms with Crippen molar-refractivity contribution in [1.29, 1.82) is 0 Å². The quantitative estimate of drug-likeness (QED) is 0.189. The Morgan fingerprint density at radius 3 is 2.18 bits per heavy atom. The SMILES string of the molecule is CSCC[C@H](N)C(=O)ON[C@@H](Cc1ccc(OC(=O)[C@@H](N)Cc2ccccc2)cc1)C(=O)O. The number of hydrogen-bond donors (Lipinski definition) is 4. The van der Waals surface area contributed by atoms with E-state index in [0.29, 0.717) is 29.9 Å². The summed E-state index contributed by atoms with van der Waals surface area (Å²) in [6, 6.07) is 12.9. The van der Waals surface area contributed by atoms with Crippen molar-refractivity contribution in [2.75, 3.05) is 12.0 Å². The van der Waals surface area contributed by atoms with Gasteiger partial charge in [-0.1, -0.05) is 42.5 Å². The minimum atomic E-state index is -1.19. The number of esters is 1. The normalized spacial score (nSPS) is 13.5. The maximum absolute atomic E-state index is 12.2. The molecule has 0 unspecified atom stereocenters. The molecule has 178 valence electrons. The fourth-order valence-corrected chi connectivity index (χ4v) is 3.31. The largest absolute Gasteiger partial charge is 0.480 e. The van der Waals surface area contributed by atoms with Crippen molar-refractivity contribution in [2.24, 2.45) is 11.5 Å². The number of carboxylic acid groups (broad SMARTS) is 1. The average molecular weight is 476 g/mol. The summed E-state index contributed by atoms with van der Waals surface area (Å²) in [5.41, 5.74) is 15.5. The van der Waals surface area contributed by atoms with Gasteiger partial charge in [0.15, 0.2) is 0 Å². The lowest BCUT2D eigenvalue weighted by atomic mass is 10.1. The van der Waals surface area contributed by atoms with Crippen LogP contribution in [0.2, 0.25) is 0 Å². The van der Waals surface area contributed by atoms with Gasteiger partial charge >= 0.3 is 17.9 Å². The Bertz CT molecular complexity index is 910. The summed E-state index contributed by atoms with van der Waals surface area (Å²) in [5.74, 6) is -1.50. The van der Waals surface area contributed by atoms with Crippen LogP contribution in [0.1, 0.15) is 17.5 Å². The fraction of sp³-hybridized carbons (Fsp3) is 0.348. The van der Waals surface area contributed by atoms with Crippen molar-refractivity contribution in [3.05, 3.63) is 65.7 Å². The summed E-state index contributed by atoms with van der Waals surface area (Å²) in [6.45, 7) is 0. The zero-order valence-corrected chi connectivity index (χ0v) is 19.1. The predicted octanol–water partition coefficient (Wildman–Crippen LogP) is 1.29. The number of aliphatic carboxylic acids is 1. The molecule has 2 aromatic rings. The number of nitrogens with two attached hydrogens (primary N) is 2. The molecule has 2 rings (SSSR count). The van der Waals surface area contributed by atoms with Gasteiger partial charge in [0.05, 0.1) is 0 Å². The van der Waals surface area contributed by atoms with Crippen LogP contribution in [0.5, 0.6) is 5.75 Å². The number of thioether (sulfide) groups is 1. The van der Waals surface area contributed by atoms with Crippen LogP contribution in [-0.2, 0) is 32.1 Å². The summed E-state index contributed by atoms with van der Waals surface area (Å²) in [7, 11) is 0. The molecule has 0 fully saturated rings. The lowest BCUT2D eigenvalue weighted by molar-refractivity contribution is -0.159. The van der Waals surface area contributed by atoms with E-state index < -0.39 is 36.0 Å². The van der Waals surface area contributed by atoms with Crippen molar-refractivity contribution < 1.29 is 29.1 Å². The molecule has 0 heterocycles. The summed E-state index contributed by atoms with van der Waals surface area (Å²) < 4.78 is 5.31. The van der Waals surface area contributed by atoms with E-state index in [4.69, 9.17) is 21.0 Å². The molecule has 0 aromatic heterocycles. The molecule has 0 saturated carbocycles. The molecule has 10 heteroatoms. The molecule has 0 aliphatic carbocycles. The molecule has 0 spiro atoms. The van der Waals surface area contributed by atoms with Gasteiger partial charge in [0.25, 0.3) is 0 Å². The number of carbonyl (C=O) groups is 3. The number of benzene rings is 2. The number of hydrogen-bond acceptors (Lipinski definition) is 9. The molecule has 6 N–H and O–H groups in total. The maximum Gasteiger partial charge on any atom is 0.341 e. The van der Waals surface area contributed by atoms with Crippen molar-refractivity contribution >= 4 is 29.7 Å². The minimum absolute atomic E-state index is 0.0322. The maximum atomic E-state index is 12.2. The third-order valence-corrected chi connectivity index (χ3v) is 5.36. The van der Waals surface area contributed by atoms with Gasteiger partial charge < -0.3 is 26.1 Å². The Hall–Kier alpha value is -2.92. The molecule has 9 nitrogen and oxygen atoms in total. The van der Waals surface area contributed by atoms with E-state index in [1.807, 2.05) is 36.6 Å². The number of hydroxylamine groups is 1. The smallest absolute Gasteiger partial charge is 0.341 e. The molecule has 0 aliphatic rings. The van der Waals surface area contributed by atoms with Gasteiger partial charge in [0, 0.05) is 6.42 Å². The topological polar surface area (TPSA) is 154 Å². The highest BCUT2D eigenvalue weighted by Crippen LogP contribution is 2.15. The van der Waals surface area contributed by atoms with Gasteiger partial charge in [-0.25, -0.2) is 9.59 Å². The van der Waals surface area contributed by atoms with Crippen molar-refractivity contribution in [3.8, 4) is 5.75 Å². The van der Waals surface area contributed by atoms with Crippen molar-refractivity contribution in [1.82, 2.24) is 5.48 Å². The number of carbonyl (C=O) groups excluding carboxylic acids is 2. The van der Waals surface area contributed by atoms with Crippen LogP contribution in [0, 0.1) is 0 Å². The number of carboxylic acids is 1. The Balaban J connectivity index is 1.87. The molecule has 0 bridgehead atoms. The van der Waals surface area contributed by atoms with E-state index in [-0.39, 0.29) is 6.42 Å². The van der Waals surface area contributed by atoms with Gasteiger partial charge in [-0.15, -0.1) is 5.48 Å². The molecule has 33 heavy (non-hydrogen) atoms. The van der Waals surface area contributed by atoms with Crippen LogP contribution in [0.15, 0.2) is 54.6 Å². The molecule has 0 saturated heterocycles. The van der Waals surface area contributed by atoms with E-state index in [1.54, 1.807) is 36.0 Å². The average Bonchev–Trinajstić information content (AvgIpc) is 2.81. The zero-order chi connectivity index (χ0) is 24.2. The van der Waals surface area contributed by atoms with Crippen LogP contribution >= 0.6 is 11.8 Å². The van der Waals surface area contributed by atoms with E-state index in [1.165, 1.54) is 0 Å². The molecule has 0 radical (unpaired) electrons. The van der Waals surface area contributed by atoms with Gasteiger partial charge in [0.1, 0.15) is 23.9 Å². The summed E-state index contributed by atoms with van der Waals surface area (Å²) >= 11 is 1.54. The Labute approximate surface area is 196 Å². The van der Waals surface area contributed by atoms with E-state index in [2.05, 4.69) is 5.48 Å². The summed E-state index contributed by atoms with van der Waals surface area (Å²) in [4.78, 5) is 40.5. The lowest BCUT2D eigenvalue weighted by Gasteiger charge is -2.16. The summed E-state index contributed by atoms with van der Waals surface area (Å²) in [6.07, 6.45) is 2.70. The van der Waals surface area contributed by atoms with Gasteiger partial charge in [-0.05, 0) is 48.1 Å². The highest BCUT2D eigenvalue weighted by Gasteiger charge is 2.22. The summed E-state index contributed by atoms with van der Waals surface area (Å²) in [5, 5.41) is 9.41. The molecule has 3 atom stereocenters. The Morgan fingerprint density at radius 2 is 1.58 bits per heavy atom. The van der Waals surface area contributed by atoms with Crippen molar-refractivity contribution in [3.63, 3.8) is 0 Å². The van der Waals surface area contributed by atoms with Gasteiger partial charge in [-0.2, -0.15) is 11.8 Å². The van der Waals surface area contributed by atoms with Crippen LogP contribution in [0.4, 0.5) is 0 Å². The molecular formula is C23H29N3O6S. The third-order valence-electron chi connectivity index (χ3n) is 4.72. The molecular weight excluding hydrogens is 446 g/mol. The van der Waals surface area contributed by atoms with Crippen LogP contribution in [0.3, 0.4) is 0 Å². The van der Waals surface area contributed by atoms with E-state index in [0.717, 1.165) is 5.56 Å². The fourth-order valence-electron chi connectivity index (χ4n) is 2.82. The van der Waals surface area contributed by atoms with Crippen molar-refractivity contribution in [2.45, 2.75) is 37.4 Å². The predicted molar refractivity (Wildman–Crippen MR) is 126 cm³/mol. The number of rotatable bonds is 13. The second-order valence-corrected chi connectivity index (χ2v) is 8.37. The van der Waals surface area contributed by atoms with E-state index in [9.17, 15) is 19.5 Å². The van der Waals surface area contributed by atoms with Crippen LogP contribution < -0.4 is 21.7 Å². The number of nitrogens with one attached hydrogen (secondary N) is 1. The van der Waals surface area contributed by atoms with Gasteiger partial charge in [0.2, 0.25) is 0 Å². The molecule has 0 aliphatic heterocycles. The highest BCUT2D eigenvalue weighted by atomic mass is 32.2. The lowest BCUT2D eigenvalue weighted by Crippen LogP contribution is -2.43. The molecule has 0 amide bonds. The standard InChI is InChI=1S/C23H29N3O6S/c1-33-12-11-18(24)23(30)32-26-20(21(27)28)14-16-7-9-17(10-8-16)31-22(29)19(25)13-15-5-3-2-4-6-15/h2-10,18-20,26H,11-14,24-25H2,1H3,(H,27,28)/t18-,19-,20-/m0/s1. The van der Waals surface area contributed by atoms with Gasteiger partial charge in [-0.3, -0.25) is 4.79 Å². The minimum Gasteiger partial charge on any atom is -0.480 e. The third kappa shape index (κ3) is 9.22. The first-order valence-corrected chi connectivity index (χ1v) is 11.7. The first-order chi connectivity index (χ1) is 15.8. The Kier molecular flexibility index (Phi) is 10.8. The van der Waals surface area contributed by atoms with Crippen LogP contribution in [-0.4, -0.2) is 53.1 Å². The van der Waals surface area contributed by atoms with E-state index >= 15 is 0 Å². The number of ether oxygens (including phenoxy) is 1. The second kappa shape index (κ2) is 13.6. The molecule has 2 aromatic carbocycles. The first-order valence-electron chi connectivity index (χ1n) is 10.3. The Morgan fingerprint density at radius 1 is 0.939 bits per heavy atom.